The maximum Gasteiger partial charge on any atom is 0.341 e. The summed E-state index contributed by atoms with van der Waals surface area (Å²) in [6, 6.07) is 7.67. The van der Waals surface area contributed by atoms with E-state index in [4.69, 9.17) is 4.74 Å². The molecule has 0 saturated carbocycles. The summed E-state index contributed by atoms with van der Waals surface area (Å²) in [4.78, 5) is 27.3. The molecular weight excluding hydrogens is 345 g/mol. The van der Waals surface area contributed by atoms with E-state index in [1.165, 1.54) is 30.5 Å². The highest BCUT2D eigenvalue weighted by Crippen LogP contribution is 2.26. The number of amides is 1. The first-order chi connectivity index (χ1) is 11.5. The number of carbonyl (C=O) groups excluding carboxylic acids is 2. The Morgan fingerprint density at radius 1 is 1.21 bits per heavy atom. The van der Waals surface area contributed by atoms with Crippen molar-refractivity contribution in [1.82, 2.24) is 4.98 Å². The molecule has 9 heteroatoms. The molecule has 126 valence electrons. The van der Waals surface area contributed by atoms with Gasteiger partial charge < -0.3 is 10.1 Å². The minimum absolute atomic E-state index is 0.110. The van der Waals surface area contributed by atoms with E-state index < -0.39 is 30.1 Å². The number of thioether (sulfide) groups is 1. The maximum absolute atomic E-state index is 12.8. The van der Waals surface area contributed by atoms with Crippen molar-refractivity contribution >= 4 is 29.3 Å². The van der Waals surface area contributed by atoms with Gasteiger partial charge in [0.15, 0.2) is 6.61 Å². The Kier molecular flexibility index (Phi) is 6.19. The molecule has 1 N–H and O–H groups in total. The largest absolute Gasteiger partial charge is 0.452 e. The SMILES string of the molecule is O=C(COC(=O)c1cccnc1SC(F)F)Nc1ccc(F)cc1. The van der Waals surface area contributed by atoms with Crippen LogP contribution in [0.25, 0.3) is 0 Å². The van der Waals surface area contributed by atoms with Crippen LogP contribution in [0.5, 0.6) is 0 Å². The van der Waals surface area contributed by atoms with E-state index in [0.29, 0.717) is 5.69 Å². The molecule has 0 radical (unpaired) electrons. The summed E-state index contributed by atoms with van der Waals surface area (Å²) in [5.41, 5.74) is 0.171. The number of hydrogen-bond acceptors (Lipinski definition) is 5. The van der Waals surface area contributed by atoms with Gasteiger partial charge >= 0.3 is 5.97 Å². The summed E-state index contributed by atoms with van der Waals surface area (Å²) in [6.45, 7) is -0.621. The van der Waals surface area contributed by atoms with Crippen molar-refractivity contribution in [2.45, 2.75) is 10.8 Å². The second-order valence-corrected chi connectivity index (χ2v) is 5.34. The molecule has 0 saturated heterocycles. The summed E-state index contributed by atoms with van der Waals surface area (Å²) in [6.07, 6.45) is 1.27. The number of ether oxygens (including phenoxy) is 1. The first kappa shape index (κ1) is 17.8. The minimum atomic E-state index is -2.74. The van der Waals surface area contributed by atoms with Crippen LogP contribution in [-0.4, -0.2) is 29.2 Å². The van der Waals surface area contributed by atoms with Crippen LogP contribution in [0.4, 0.5) is 18.9 Å². The molecule has 0 spiro atoms. The van der Waals surface area contributed by atoms with Crippen molar-refractivity contribution in [3.05, 3.63) is 54.0 Å². The average molecular weight is 356 g/mol. The quantitative estimate of drug-likeness (QED) is 0.635. The molecule has 0 aliphatic heterocycles. The highest BCUT2D eigenvalue weighted by atomic mass is 32.2. The standard InChI is InChI=1S/C15H11F3N2O3S/c16-9-3-5-10(6-4-9)20-12(21)8-23-14(22)11-2-1-7-19-13(11)24-15(17)18/h1-7,15H,8H2,(H,20,21). The second-order valence-electron chi connectivity index (χ2n) is 4.37. The molecule has 0 bridgehead atoms. The van der Waals surface area contributed by atoms with Gasteiger partial charge in [-0.15, -0.1) is 0 Å². The summed E-state index contributed by atoms with van der Waals surface area (Å²) in [7, 11) is 0. The molecule has 1 aromatic carbocycles. The number of nitrogens with zero attached hydrogens (tertiary/aromatic N) is 1. The molecule has 1 aromatic heterocycles. The van der Waals surface area contributed by atoms with Crippen LogP contribution >= 0.6 is 11.8 Å². The summed E-state index contributed by atoms with van der Waals surface area (Å²) >= 11 is 0.110. The Hall–Kier alpha value is -2.55. The molecule has 1 amide bonds. The van der Waals surface area contributed by atoms with Gasteiger partial charge in [0, 0.05) is 11.9 Å². The van der Waals surface area contributed by atoms with Gasteiger partial charge in [0.05, 0.1) is 5.56 Å². The van der Waals surface area contributed by atoms with E-state index in [-0.39, 0.29) is 22.4 Å². The third-order valence-corrected chi connectivity index (χ3v) is 3.38. The number of pyridine rings is 1. The Labute approximate surface area is 139 Å². The number of aromatic nitrogens is 1. The zero-order valence-corrected chi connectivity index (χ0v) is 12.9. The van der Waals surface area contributed by atoms with E-state index >= 15 is 0 Å². The van der Waals surface area contributed by atoms with Crippen molar-refractivity contribution in [3.63, 3.8) is 0 Å². The fourth-order valence-corrected chi connectivity index (χ4v) is 2.23. The molecule has 24 heavy (non-hydrogen) atoms. The number of esters is 1. The van der Waals surface area contributed by atoms with E-state index in [9.17, 15) is 22.8 Å². The average Bonchev–Trinajstić information content (AvgIpc) is 2.55. The Morgan fingerprint density at radius 2 is 1.92 bits per heavy atom. The molecule has 0 aliphatic rings. The minimum Gasteiger partial charge on any atom is -0.452 e. The molecule has 1 heterocycles. The van der Waals surface area contributed by atoms with Crippen molar-refractivity contribution in [2.75, 3.05) is 11.9 Å². The van der Waals surface area contributed by atoms with Gasteiger partial charge in [0.1, 0.15) is 10.8 Å². The van der Waals surface area contributed by atoms with Crippen LogP contribution in [0.2, 0.25) is 0 Å². The van der Waals surface area contributed by atoms with E-state index in [1.807, 2.05) is 0 Å². The molecule has 2 rings (SSSR count). The van der Waals surface area contributed by atoms with Crippen molar-refractivity contribution in [3.8, 4) is 0 Å². The molecule has 0 unspecified atom stereocenters. The predicted molar refractivity (Wildman–Crippen MR) is 81.4 cm³/mol. The van der Waals surface area contributed by atoms with E-state index in [1.54, 1.807) is 0 Å². The van der Waals surface area contributed by atoms with Gasteiger partial charge in [0.25, 0.3) is 11.7 Å². The van der Waals surface area contributed by atoms with Crippen molar-refractivity contribution in [1.29, 1.82) is 0 Å². The maximum atomic E-state index is 12.8. The molecule has 2 aromatic rings. The first-order valence-corrected chi connectivity index (χ1v) is 7.46. The highest BCUT2D eigenvalue weighted by molar-refractivity contribution is 7.99. The lowest BCUT2D eigenvalue weighted by molar-refractivity contribution is -0.119. The molecule has 0 fully saturated rings. The number of halogens is 3. The Morgan fingerprint density at radius 3 is 2.58 bits per heavy atom. The smallest absolute Gasteiger partial charge is 0.341 e. The zero-order valence-electron chi connectivity index (χ0n) is 12.0. The number of anilines is 1. The third kappa shape index (κ3) is 5.27. The Balaban J connectivity index is 1.93. The van der Waals surface area contributed by atoms with Gasteiger partial charge in [-0.3, -0.25) is 4.79 Å². The molecule has 5 nitrogen and oxygen atoms in total. The number of rotatable bonds is 6. The molecule has 0 aliphatic carbocycles. The third-order valence-electron chi connectivity index (χ3n) is 2.65. The van der Waals surface area contributed by atoms with Crippen LogP contribution in [0, 0.1) is 5.82 Å². The van der Waals surface area contributed by atoms with Gasteiger partial charge in [-0.2, -0.15) is 8.78 Å². The Bertz CT molecular complexity index is 726. The summed E-state index contributed by atoms with van der Waals surface area (Å²) < 4.78 is 42.4. The van der Waals surface area contributed by atoms with E-state index in [0.717, 1.165) is 12.1 Å². The van der Waals surface area contributed by atoms with E-state index in [2.05, 4.69) is 10.3 Å². The van der Waals surface area contributed by atoms with Crippen molar-refractivity contribution in [2.24, 2.45) is 0 Å². The topological polar surface area (TPSA) is 68.3 Å². The number of hydrogen-bond donors (Lipinski definition) is 1. The van der Waals surface area contributed by atoms with Gasteiger partial charge in [-0.05, 0) is 48.2 Å². The first-order valence-electron chi connectivity index (χ1n) is 6.58. The number of nitrogens with one attached hydrogen (secondary N) is 1. The van der Waals surface area contributed by atoms with Gasteiger partial charge in [0.2, 0.25) is 0 Å². The normalized spacial score (nSPS) is 10.5. The van der Waals surface area contributed by atoms with Crippen LogP contribution in [0.15, 0.2) is 47.6 Å². The molecule has 0 atom stereocenters. The lowest BCUT2D eigenvalue weighted by atomic mass is 10.3. The molecular formula is C15H11F3N2O3S. The second kappa shape index (κ2) is 8.34. The van der Waals surface area contributed by atoms with Crippen LogP contribution < -0.4 is 5.32 Å². The number of alkyl halides is 2. The van der Waals surface area contributed by atoms with Crippen molar-refractivity contribution < 1.29 is 27.5 Å². The van der Waals surface area contributed by atoms with Gasteiger partial charge in [-0.1, -0.05) is 0 Å². The summed E-state index contributed by atoms with van der Waals surface area (Å²) in [5, 5.41) is 2.22. The monoisotopic (exact) mass is 356 g/mol. The highest BCUT2D eigenvalue weighted by Gasteiger charge is 2.18. The predicted octanol–water partition coefficient (Wildman–Crippen LogP) is 3.33. The fourth-order valence-electron chi connectivity index (χ4n) is 1.66. The lowest BCUT2D eigenvalue weighted by Crippen LogP contribution is -2.21. The van der Waals surface area contributed by atoms with Crippen LogP contribution in [-0.2, 0) is 9.53 Å². The zero-order chi connectivity index (χ0) is 17.5. The number of carbonyl (C=O) groups is 2. The van der Waals surface area contributed by atoms with Gasteiger partial charge in [-0.25, -0.2) is 14.2 Å². The fraction of sp³-hybridized carbons (Fsp3) is 0.133. The number of benzene rings is 1. The van der Waals surface area contributed by atoms with Crippen LogP contribution in [0.1, 0.15) is 10.4 Å². The lowest BCUT2D eigenvalue weighted by Gasteiger charge is -2.08. The summed E-state index contributed by atoms with van der Waals surface area (Å²) in [5.74, 6) is -4.80. The van der Waals surface area contributed by atoms with Crippen LogP contribution in [0.3, 0.4) is 0 Å².